The number of aliphatic hydroxyl groups is 1. The Morgan fingerprint density at radius 3 is 2.57 bits per heavy atom. The Hall–Kier alpha value is -2.95. The maximum Gasteiger partial charge on any atom is 0.291 e. The predicted molar refractivity (Wildman–Crippen MR) is 133 cm³/mol. The molecule has 0 radical (unpaired) electrons. The highest BCUT2D eigenvalue weighted by Gasteiger charge is 2.55. The van der Waals surface area contributed by atoms with Gasteiger partial charge in [0.25, 0.3) is 5.91 Å². The van der Waals surface area contributed by atoms with Crippen molar-refractivity contribution in [3.8, 4) is 6.07 Å². The number of aromatic amines is 1. The molecule has 1 aromatic carbocycles. The lowest BCUT2D eigenvalue weighted by Gasteiger charge is -2.47. The van der Waals surface area contributed by atoms with Gasteiger partial charge >= 0.3 is 0 Å². The molecule has 3 aliphatic rings. The maximum absolute atomic E-state index is 12.9. The zero-order valence-corrected chi connectivity index (χ0v) is 20.9. The second-order valence-corrected chi connectivity index (χ2v) is 11.3. The average molecular weight is 475 g/mol. The second kappa shape index (κ2) is 8.61. The second-order valence-electron chi connectivity index (χ2n) is 11.3. The molecule has 2 aliphatic heterocycles. The van der Waals surface area contributed by atoms with Crippen molar-refractivity contribution in [3.05, 3.63) is 53.1 Å². The third-order valence-corrected chi connectivity index (χ3v) is 8.54. The number of benzene rings is 1. The molecule has 5 atom stereocenters. The Morgan fingerprint density at radius 2 is 1.97 bits per heavy atom. The van der Waals surface area contributed by atoms with E-state index in [1.54, 1.807) is 0 Å². The molecule has 0 spiro atoms. The Kier molecular flexibility index (Phi) is 5.85. The van der Waals surface area contributed by atoms with Crippen molar-refractivity contribution in [2.75, 3.05) is 5.32 Å². The molecule has 1 aromatic heterocycles. The minimum Gasteiger partial charge on any atom is -0.384 e. The molecule has 7 nitrogen and oxygen atoms in total. The van der Waals surface area contributed by atoms with Crippen LogP contribution in [0.2, 0.25) is 0 Å². The van der Waals surface area contributed by atoms with Gasteiger partial charge in [-0.25, -0.2) is 4.98 Å². The average Bonchev–Trinajstić information content (AvgIpc) is 3.51. The van der Waals surface area contributed by atoms with Crippen LogP contribution in [0.1, 0.15) is 87.2 Å². The molecule has 0 unspecified atom stereocenters. The highest BCUT2D eigenvalue weighted by Crippen LogP contribution is 2.52. The number of carbonyl (C=O) groups excluding carboxylic acids is 1. The summed E-state index contributed by atoms with van der Waals surface area (Å²) in [5.41, 5.74) is 3.08. The van der Waals surface area contributed by atoms with E-state index >= 15 is 0 Å². The third-order valence-electron chi connectivity index (χ3n) is 8.54. The van der Waals surface area contributed by atoms with E-state index in [-0.39, 0.29) is 41.0 Å². The number of hydrogen-bond acceptors (Lipinski definition) is 5. The van der Waals surface area contributed by atoms with E-state index in [4.69, 9.17) is 10.00 Å². The first-order chi connectivity index (χ1) is 16.6. The number of amides is 1. The smallest absolute Gasteiger partial charge is 0.291 e. The van der Waals surface area contributed by atoms with Crippen LogP contribution in [0.25, 0.3) is 5.57 Å². The molecule has 2 fully saturated rings. The summed E-state index contributed by atoms with van der Waals surface area (Å²) in [6.45, 7) is 8.72. The Labute approximate surface area is 206 Å². The van der Waals surface area contributed by atoms with E-state index in [0.29, 0.717) is 5.69 Å². The van der Waals surface area contributed by atoms with Crippen molar-refractivity contribution in [1.29, 1.82) is 5.26 Å². The monoisotopic (exact) mass is 474 g/mol. The fourth-order valence-electron chi connectivity index (χ4n) is 6.10. The van der Waals surface area contributed by atoms with E-state index in [2.05, 4.69) is 55.1 Å². The standard InChI is InChI=1S/C28H34N4O3/c1-16-23-7-8-24(35-23)17(2)28(16,34)19-5-6-22(32-26(33)25-30-15-20(14-29)31-25)21(13-19)18-9-11-27(3,4)12-10-18/h5-6,9,13,15-17,23-24,34H,7-8,10-12H2,1-4H3,(H,30,31)(H,32,33)/t16-,17+,23+,24-,28-. The lowest BCUT2D eigenvalue weighted by Crippen LogP contribution is -2.52. The lowest BCUT2D eigenvalue weighted by atomic mass is 9.69. The number of fused-ring (bicyclic) bond motifs is 2. The summed E-state index contributed by atoms with van der Waals surface area (Å²) in [5.74, 6) is -0.369. The SMILES string of the molecule is C[C@@H]1[C@@H]2CC[C@@H](O2)[C@H](C)[C@@]1(O)c1ccc(NC(=O)c2nc(C#N)c[nH]2)c(C2=CCC(C)(C)CC2)c1. The van der Waals surface area contributed by atoms with Crippen LogP contribution in [-0.4, -0.2) is 33.2 Å². The van der Waals surface area contributed by atoms with Crippen molar-refractivity contribution < 1.29 is 14.6 Å². The van der Waals surface area contributed by atoms with E-state index in [9.17, 15) is 9.90 Å². The van der Waals surface area contributed by atoms with Crippen LogP contribution < -0.4 is 5.32 Å². The minimum absolute atomic E-state index is 0.0312. The molecule has 7 heteroatoms. The fraction of sp³-hybridized carbons (Fsp3) is 0.536. The van der Waals surface area contributed by atoms with Crippen molar-refractivity contribution in [2.45, 2.75) is 77.6 Å². The number of imidazole rings is 1. The largest absolute Gasteiger partial charge is 0.384 e. The number of H-pyrrole nitrogens is 1. The number of nitrogens with zero attached hydrogens (tertiary/aromatic N) is 2. The lowest BCUT2D eigenvalue weighted by molar-refractivity contribution is -0.194. The van der Waals surface area contributed by atoms with Gasteiger partial charge in [0, 0.05) is 29.3 Å². The topological polar surface area (TPSA) is 111 Å². The molecule has 2 bridgehead atoms. The first kappa shape index (κ1) is 23.8. The zero-order valence-electron chi connectivity index (χ0n) is 20.9. The molecule has 3 heterocycles. The number of ether oxygens (including phenoxy) is 1. The summed E-state index contributed by atoms with van der Waals surface area (Å²) < 4.78 is 6.18. The summed E-state index contributed by atoms with van der Waals surface area (Å²) in [5, 5.41) is 24.1. The molecule has 1 aliphatic carbocycles. The van der Waals surface area contributed by atoms with Gasteiger partial charge in [-0.2, -0.15) is 5.26 Å². The summed E-state index contributed by atoms with van der Waals surface area (Å²) in [6.07, 6.45) is 8.68. The first-order valence-corrected chi connectivity index (χ1v) is 12.6. The van der Waals surface area contributed by atoms with Crippen LogP contribution in [0.5, 0.6) is 0 Å². The van der Waals surface area contributed by atoms with Crippen LogP contribution in [0.4, 0.5) is 5.69 Å². The van der Waals surface area contributed by atoms with Crippen molar-refractivity contribution in [3.63, 3.8) is 0 Å². The van der Waals surface area contributed by atoms with Gasteiger partial charge in [-0.1, -0.05) is 39.8 Å². The number of anilines is 1. The summed E-state index contributed by atoms with van der Waals surface area (Å²) in [6, 6.07) is 7.84. The maximum atomic E-state index is 12.9. The Bertz CT molecular complexity index is 1210. The van der Waals surface area contributed by atoms with Gasteiger partial charge in [0.2, 0.25) is 0 Å². The van der Waals surface area contributed by atoms with Crippen LogP contribution in [0.15, 0.2) is 30.5 Å². The number of carbonyl (C=O) groups is 1. The van der Waals surface area contributed by atoms with E-state index in [1.807, 2.05) is 18.2 Å². The normalized spacial score (nSPS) is 31.5. The van der Waals surface area contributed by atoms with Crippen LogP contribution in [-0.2, 0) is 10.3 Å². The molecule has 1 amide bonds. The van der Waals surface area contributed by atoms with Crippen molar-refractivity contribution in [1.82, 2.24) is 9.97 Å². The van der Waals surface area contributed by atoms with Crippen LogP contribution >= 0.6 is 0 Å². The molecular weight excluding hydrogens is 440 g/mol. The van der Waals surface area contributed by atoms with Gasteiger partial charge in [-0.3, -0.25) is 4.79 Å². The number of hydrogen-bond donors (Lipinski definition) is 3. The molecule has 3 N–H and O–H groups in total. The number of nitriles is 1. The van der Waals surface area contributed by atoms with Gasteiger partial charge < -0.3 is 20.1 Å². The molecule has 2 aromatic rings. The van der Waals surface area contributed by atoms with Gasteiger partial charge in [0.05, 0.1) is 17.8 Å². The predicted octanol–water partition coefficient (Wildman–Crippen LogP) is 5.15. The Balaban J connectivity index is 1.54. The number of nitrogens with one attached hydrogen (secondary N) is 2. The molecule has 184 valence electrons. The van der Waals surface area contributed by atoms with Gasteiger partial charge in [0.15, 0.2) is 11.5 Å². The molecule has 35 heavy (non-hydrogen) atoms. The van der Waals surface area contributed by atoms with Gasteiger partial charge in [-0.05, 0) is 60.8 Å². The Morgan fingerprint density at radius 1 is 1.26 bits per heavy atom. The van der Waals surface area contributed by atoms with Crippen LogP contribution in [0.3, 0.4) is 0 Å². The summed E-state index contributed by atoms with van der Waals surface area (Å²) in [7, 11) is 0. The number of aromatic nitrogens is 2. The summed E-state index contributed by atoms with van der Waals surface area (Å²) >= 11 is 0. The first-order valence-electron chi connectivity index (χ1n) is 12.6. The highest BCUT2D eigenvalue weighted by molar-refractivity contribution is 6.03. The number of allylic oxidation sites excluding steroid dienone is 2. The highest BCUT2D eigenvalue weighted by atomic mass is 16.5. The number of rotatable bonds is 4. The van der Waals surface area contributed by atoms with Gasteiger partial charge in [0.1, 0.15) is 6.07 Å². The fourth-order valence-corrected chi connectivity index (χ4v) is 6.10. The molecular formula is C28H34N4O3. The molecule has 0 saturated carbocycles. The molecule has 5 rings (SSSR count). The molecule has 2 saturated heterocycles. The van der Waals surface area contributed by atoms with Gasteiger partial charge in [-0.15, -0.1) is 0 Å². The quantitative estimate of drug-likeness (QED) is 0.568. The van der Waals surface area contributed by atoms with E-state index in [1.165, 1.54) is 11.8 Å². The zero-order chi connectivity index (χ0) is 25.0. The van der Waals surface area contributed by atoms with Crippen molar-refractivity contribution >= 4 is 17.2 Å². The minimum atomic E-state index is -1.00. The van der Waals surface area contributed by atoms with E-state index < -0.39 is 11.5 Å². The third kappa shape index (κ3) is 4.09. The van der Waals surface area contributed by atoms with Crippen molar-refractivity contribution in [2.24, 2.45) is 17.3 Å². The van der Waals surface area contributed by atoms with E-state index in [0.717, 1.165) is 43.2 Å². The summed E-state index contributed by atoms with van der Waals surface area (Å²) in [4.78, 5) is 19.7. The van der Waals surface area contributed by atoms with Crippen LogP contribution in [0, 0.1) is 28.6 Å².